The number of hydrogen-bond acceptors (Lipinski definition) is 4. The second-order valence-electron chi connectivity index (χ2n) is 5.05. The van der Waals surface area contributed by atoms with E-state index in [0.29, 0.717) is 15.8 Å². The number of rotatable bonds is 4. The van der Waals surface area contributed by atoms with Crippen molar-refractivity contribution in [3.8, 4) is 11.3 Å². The number of hydrogen-bond donors (Lipinski definition) is 1. The van der Waals surface area contributed by atoms with E-state index < -0.39 is 16.6 Å². The van der Waals surface area contributed by atoms with Crippen molar-refractivity contribution in [2.24, 2.45) is 0 Å². The average Bonchev–Trinajstić information content (AvgIpc) is 3.07. The summed E-state index contributed by atoms with van der Waals surface area (Å²) in [7, 11) is 0. The first-order valence-electron chi connectivity index (χ1n) is 7.05. The quantitative estimate of drug-likeness (QED) is 0.489. The van der Waals surface area contributed by atoms with Gasteiger partial charge in [-0.2, -0.15) is 0 Å². The largest absolute Gasteiger partial charge is 0.451 e. The molecule has 1 N–H and O–H groups in total. The van der Waals surface area contributed by atoms with Crippen LogP contribution in [0, 0.1) is 15.9 Å². The fraction of sp³-hybridized carbons (Fsp3) is 0. The van der Waals surface area contributed by atoms with Crippen LogP contribution in [0.2, 0.25) is 0 Å². The van der Waals surface area contributed by atoms with Crippen LogP contribution < -0.4 is 5.32 Å². The number of anilines is 1. The number of nitrogens with one attached hydrogen (secondary N) is 1. The van der Waals surface area contributed by atoms with Crippen LogP contribution in [0.5, 0.6) is 0 Å². The zero-order valence-electron chi connectivity index (χ0n) is 12.5. The zero-order valence-corrected chi connectivity index (χ0v) is 14.1. The SMILES string of the molecule is O=C(Nc1ccc(Br)cc1F)c1ccc(-c2ccc([N+](=O)[O-])cc2)o1. The van der Waals surface area contributed by atoms with Crippen LogP contribution in [0.1, 0.15) is 10.6 Å². The van der Waals surface area contributed by atoms with Crippen LogP contribution in [0.3, 0.4) is 0 Å². The molecule has 8 heteroatoms. The number of non-ortho nitro benzene ring substituents is 1. The molecule has 0 bridgehead atoms. The Bertz CT molecular complexity index is 954. The van der Waals surface area contributed by atoms with Crippen LogP contribution in [-0.4, -0.2) is 10.8 Å². The molecule has 0 saturated carbocycles. The average molecular weight is 405 g/mol. The van der Waals surface area contributed by atoms with Gasteiger partial charge < -0.3 is 9.73 Å². The molecular formula is C17H10BrFN2O4. The monoisotopic (exact) mass is 404 g/mol. The normalized spacial score (nSPS) is 10.5. The molecule has 126 valence electrons. The van der Waals surface area contributed by atoms with Gasteiger partial charge in [-0.25, -0.2) is 4.39 Å². The van der Waals surface area contributed by atoms with E-state index >= 15 is 0 Å². The molecule has 0 fully saturated rings. The Hall–Kier alpha value is -3.00. The van der Waals surface area contributed by atoms with Crippen LogP contribution in [-0.2, 0) is 0 Å². The Kier molecular flexibility index (Phi) is 4.62. The fourth-order valence-corrected chi connectivity index (χ4v) is 2.47. The molecule has 3 aromatic rings. The van der Waals surface area contributed by atoms with Gasteiger partial charge >= 0.3 is 0 Å². The molecule has 0 aliphatic heterocycles. The van der Waals surface area contributed by atoms with Gasteiger partial charge in [0.05, 0.1) is 10.6 Å². The van der Waals surface area contributed by atoms with Gasteiger partial charge in [0.25, 0.3) is 11.6 Å². The Balaban J connectivity index is 1.78. The summed E-state index contributed by atoms with van der Waals surface area (Å²) < 4.78 is 19.8. The van der Waals surface area contributed by atoms with Gasteiger partial charge in [-0.05, 0) is 42.5 Å². The summed E-state index contributed by atoms with van der Waals surface area (Å²) in [5, 5.41) is 13.1. The van der Waals surface area contributed by atoms with Gasteiger partial charge in [-0.15, -0.1) is 0 Å². The van der Waals surface area contributed by atoms with Gasteiger partial charge in [0.15, 0.2) is 5.76 Å². The maximum Gasteiger partial charge on any atom is 0.291 e. The van der Waals surface area contributed by atoms with Crippen molar-refractivity contribution in [2.45, 2.75) is 0 Å². The summed E-state index contributed by atoms with van der Waals surface area (Å²) in [6.45, 7) is 0. The van der Waals surface area contributed by atoms with E-state index in [1.807, 2.05) is 0 Å². The number of carbonyl (C=O) groups excluding carboxylic acids is 1. The Morgan fingerprint density at radius 1 is 1.12 bits per heavy atom. The lowest BCUT2D eigenvalue weighted by Gasteiger charge is -2.05. The Labute approximate surface area is 149 Å². The van der Waals surface area contributed by atoms with E-state index in [1.165, 1.54) is 42.5 Å². The number of amides is 1. The van der Waals surface area contributed by atoms with Crippen LogP contribution >= 0.6 is 15.9 Å². The molecule has 25 heavy (non-hydrogen) atoms. The third-order valence-corrected chi connectivity index (χ3v) is 3.87. The molecule has 0 spiro atoms. The predicted octanol–water partition coefficient (Wildman–Crippen LogP) is 5.01. The minimum Gasteiger partial charge on any atom is -0.451 e. The number of nitrogens with zero attached hydrogens (tertiary/aromatic N) is 1. The van der Waals surface area contributed by atoms with Gasteiger partial charge in [0.1, 0.15) is 11.6 Å². The van der Waals surface area contributed by atoms with Crippen molar-refractivity contribution in [3.05, 3.63) is 80.8 Å². The van der Waals surface area contributed by atoms with Crippen molar-refractivity contribution in [2.75, 3.05) is 5.32 Å². The van der Waals surface area contributed by atoms with Crippen molar-refractivity contribution in [3.63, 3.8) is 0 Å². The minimum absolute atomic E-state index is 0.00401. The topological polar surface area (TPSA) is 85.4 Å². The summed E-state index contributed by atoms with van der Waals surface area (Å²) in [5.74, 6) is -0.814. The highest BCUT2D eigenvalue weighted by molar-refractivity contribution is 9.10. The maximum atomic E-state index is 13.8. The molecule has 1 amide bonds. The molecule has 0 aliphatic carbocycles. The number of carbonyl (C=O) groups is 1. The lowest BCUT2D eigenvalue weighted by atomic mass is 10.1. The maximum absolute atomic E-state index is 13.8. The smallest absolute Gasteiger partial charge is 0.291 e. The van der Waals surface area contributed by atoms with E-state index in [4.69, 9.17) is 4.42 Å². The molecule has 0 radical (unpaired) electrons. The molecular weight excluding hydrogens is 395 g/mol. The number of nitro groups is 1. The first-order valence-corrected chi connectivity index (χ1v) is 7.84. The highest BCUT2D eigenvalue weighted by Crippen LogP contribution is 2.25. The second kappa shape index (κ2) is 6.86. The Morgan fingerprint density at radius 3 is 2.48 bits per heavy atom. The van der Waals surface area contributed by atoms with E-state index in [2.05, 4.69) is 21.2 Å². The summed E-state index contributed by atoms with van der Waals surface area (Å²) in [5.41, 5.74) is 0.569. The minimum atomic E-state index is -0.602. The number of furan rings is 1. The standard InChI is InChI=1S/C17H10BrFN2O4/c18-11-3-6-14(13(19)9-11)20-17(22)16-8-7-15(25-16)10-1-4-12(5-2-10)21(23)24/h1-9H,(H,20,22). The predicted molar refractivity (Wildman–Crippen MR) is 92.9 cm³/mol. The molecule has 3 rings (SSSR count). The van der Waals surface area contributed by atoms with E-state index in [-0.39, 0.29) is 17.1 Å². The summed E-state index contributed by atoms with van der Waals surface area (Å²) in [4.78, 5) is 22.3. The summed E-state index contributed by atoms with van der Waals surface area (Å²) >= 11 is 3.14. The summed E-state index contributed by atoms with van der Waals surface area (Å²) in [6, 6.07) is 13.0. The van der Waals surface area contributed by atoms with Gasteiger partial charge in [-0.3, -0.25) is 14.9 Å². The zero-order chi connectivity index (χ0) is 18.0. The van der Waals surface area contributed by atoms with Gasteiger partial charge in [0.2, 0.25) is 0 Å². The van der Waals surface area contributed by atoms with Crippen molar-refractivity contribution < 1.29 is 18.5 Å². The van der Waals surface area contributed by atoms with Crippen molar-refractivity contribution >= 4 is 33.2 Å². The van der Waals surface area contributed by atoms with E-state index in [1.54, 1.807) is 12.1 Å². The van der Waals surface area contributed by atoms with Crippen LogP contribution in [0.25, 0.3) is 11.3 Å². The van der Waals surface area contributed by atoms with E-state index in [0.717, 1.165) is 0 Å². The molecule has 2 aromatic carbocycles. The van der Waals surface area contributed by atoms with E-state index in [9.17, 15) is 19.3 Å². The van der Waals surface area contributed by atoms with Crippen molar-refractivity contribution in [1.82, 2.24) is 0 Å². The molecule has 0 unspecified atom stereocenters. The molecule has 0 aliphatic rings. The van der Waals surface area contributed by atoms with Gasteiger partial charge in [-0.1, -0.05) is 15.9 Å². The summed E-state index contributed by atoms with van der Waals surface area (Å²) in [6.07, 6.45) is 0. The lowest BCUT2D eigenvalue weighted by molar-refractivity contribution is -0.384. The third-order valence-electron chi connectivity index (χ3n) is 3.37. The molecule has 1 aromatic heterocycles. The Morgan fingerprint density at radius 2 is 1.84 bits per heavy atom. The highest BCUT2D eigenvalue weighted by Gasteiger charge is 2.15. The number of benzene rings is 2. The number of nitro benzene ring substituents is 1. The molecule has 0 atom stereocenters. The molecule has 0 saturated heterocycles. The first kappa shape index (κ1) is 16.8. The third kappa shape index (κ3) is 3.74. The van der Waals surface area contributed by atoms with Crippen molar-refractivity contribution in [1.29, 1.82) is 0 Å². The second-order valence-corrected chi connectivity index (χ2v) is 5.96. The van der Waals surface area contributed by atoms with Crippen LogP contribution in [0.15, 0.2) is 63.5 Å². The van der Waals surface area contributed by atoms with Gasteiger partial charge in [0, 0.05) is 22.2 Å². The molecule has 6 nitrogen and oxygen atoms in total. The fourth-order valence-electron chi connectivity index (χ4n) is 2.14. The number of halogens is 2. The van der Waals surface area contributed by atoms with Crippen LogP contribution in [0.4, 0.5) is 15.8 Å². The molecule has 1 heterocycles. The highest BCUT2D eigenvalue weighted by atomic mass is 79.9. The first-order chi connectivity index (χ1) is 11.9. The lowest BCUT2D eigenvalue weighted by Crippen LogP contribution is -2.12.